The summed E-state index contributed by atoms with van der Waals surface area (Å²) in [6, 6.07) is 0. The number of hydrogen-bond donors (Lipinski definition) is 1. The summed E-state index contributed by atoms with van der Waals surface area (Å²) in [5.41, 5.74) is 5.46. The van der Waals surface area contributed by atoms with Crippen molar-refractivity contribution in [3.8, 4) is 0 Å². The highest BCUT2D eigenvalue weighted by Gasteiger charge is 2.00. The molecule has 0 aliphatic carbocycles. The van der Waals surface area contributed by atoms with Crippen LogP contribution in [0.5, 0.6) is 0 Å². The maximum Gasteiger partial charge on any atom is 0.123 e. The summed E-state index contributed by atoms with van der Waals surface area (Å²) in [4.78, 5) is 3.91. The van der Waals surface area contributed by atoms with Gasteiger partial charge >= 0.3 is 0 Å². The summed E-state index contributed by atoms with van der Waals surface area (Å²) >= 11 is 0. The molecule has 0 atom stereocenters. The second-order valence-corrected chi connectivity index (χ2v) is 2.07. The minimum absolute atomic E-state index is 0.303. The lowest BCUT2D eigenvalue weighted by Crippen LogP contribution is -2.05. The lowest BCUT2D eigenvalue weighted by atomic mass is 10.6. The number of nitrogen functional groups attached to an aromatic ring is 1. The van der Waals surface area contributed by atoms with Crippen LogP contribution in [0, 0.1) is 6.92 Å². The van der Waals surface area contributed by atoms with Crippen molar-refractivity contribution in [3.05, 3.63) is 12.0 Å². The molecule has 1 heterocycles. The summed E-state index contributed by atoms with van der Waals surface area (Å²) in [6.07, 6.45) is 1.53. The number of nitrogens with two attached hydrogens (primary N) is 1. The second-order valence-electron chi connectivity index (χ2n) is 2.07. The average molecular weight is 143 g/mol. The molecule has 0 saturated heterocycles. The van der Waals surface area contributed by atoms with E-state index in [0.29, 0.717) is 12.4 Å². The van der Waals surface area contributed by atoms with Crippen molar-refractivity contribution in [3.63, 3.8) is 0 Å². The third kappa shape index (κ3) is 1.10. The molecule has 2 N–H and O–H groups in total. The zero-order valence-corrected chi connectivity index (χ0v) is 5.84. The van der Waals surface area contributed by atoms with Crippen LogP contribution in [0.2, 0.25) is 0 Å². The molecule has 3 nitrogen and oxygen atoms in total. The van der Waals surface area contributed by atoms with Gasteiger partial charge in [-0.2, -0.15) is 0 Å². The van der Waals surface area contributed by atoms with Crippen LogP contribution in [0.1, 0.15) is 5.82 Å². The van der Waals surface area contributed by atoms with Crippen LogP contribution in [0.3, 0.4) is 0 Å². The van der Waals surface area contributed by atoms with Gasteiger partial charge in [-0.05, 0) is 6.92 Å². The van der Waals surface area contributed by atoms with Crippen LogP contribution in [-0.4, -0.2) is 16.2 Å². The average Bonchev–Trinajstić information content (AvgIpc) is 2.20. The number of hydrogen-bond acceptors (Lipinski definition) is 2. The highest BCUT2D eigenvalue weighted by atomic mass is 19.1. The fraction of sp³-hybridized carbons (Fsp3) is 0.500. The Morgan fingerprint density at radius 1 is 1.80 bits per heavy atom. The molecular formula is C6H10FN3. The van der Waals surface area contributed by atoms with Crippen molar-refractivity contribution >= 4 is 5.82 Å². The van der Waals surface area contributed by atoms with E-state index in [1.165, 1.54) is 6.20 Å². The Kier molecular flexibility index (Phi) is 1.89. The molecule has 1 aromatic rings. The van der Waals surface area contributed by atoms with Gasteiger partial charge in [-0.3, -0.25) is 0 Å². The zero-order valence-electron chi connectivity index (χ0n) is 5.84. The van der Waals surface area contributed by atoms with E-state index < -0.39 is 6.67 Å². The number of imidazole rings is 1. The minimum atomic E-state index is -0.401. The van der Waals surface area contributed by atoms with E-state index in [0.717, 1.165) is 5.82 Å². The van der Waals surface area contributed by atoms with E-state index >= 15 is 0 Å². The fourth-order valence-electron chi connectivity index (χ4n) is 0.861. The largest absolute Gasteiger partial charge is 0.384 e. The summed E-state index contributed by atoms with van der Waals surface area (Å²) in [7, 11) is 0. The number of alkyl halides is 1. The number of nitrogens with zero attached hydrogens (tertiary/aromatic N) is 2. The van der Waals surface area contributed by atoms with Gasteiger partial charge in [0, 0.05) is 0 Å². The molecule has 0 aliphatic rings. The molecule has 0 spiro atoms. The van der Waals surface area contributed by atoms with Crippen LogP contribution >= 0.6 is 0 Å². The van der Waals surface area contributed by atoms with E-state index in [2.05, 4.69) is 4.98 Å². The third-order valence-electron chi connectivity index (χ3n) is 1.39. The fourth-order valence-corrected chi connectivity index (χ4v) is 0.861. The molecule has 10 heavy (non-hydrogen) atoms. The molecule has 1 rings (SSSR count). The molecule has 0 bridgehead atoms. The van der Waals surface area contributed by atoms with Crippen LogP contribution in [-0.2, 0) is 6.54 Å². The molecule has 0 amide bonds. The van der Waals surface area contributed by atoms with Crippen molar-refractivity contribution in [2.45, 2.75) is 13.5 Å². The SMILES string of the molecule is Cc1ncc(N)n1CCF. The first-order valence-corrected chi connectivity index (χ1v) is 3.09. The quantitative estimate of drug-likeness (QED) is 0.663. The topological polar surface area (TPSA) is 43.8 Å². The van der Waals surface area contributed by atoms with E-state index in [4.69, 9.17) is 5.73 Å². The molecule has 0 fully saturated rings. The normalized spacial score (nSPS) is 10.2. The van der Waals surface area contributed by atoms with Crippen LogP contribution in [0.25, 0.3) is 0 Å². The van der Waals surface area contributed by atoms with Crippen molar-refractivity contribution < 1.29 is 4.39 Å². The Labute approximate surface area is 58.7 Å². The Morgan fingerprint density at radius 2 is 2.50 bits per heavy atom. The summed E-state index contributed by atoms with van der Waals surface area (Å²) < 4.78 is 13.5. The standard InChI is InChI=1S/C6H10FN3/c1-5-9-4-6(8)10(5)3-2-7/h4H,2-3,8H2,1H3. The Morgan fingerprint density at radius 3 is 2.90 bits per heavy atom. The maximum absolute atomic E-state index is 11.8. The number of halogens is 1. The van der Waals surface area contributed by atoms with E-state index in [1.54, 1.807) is 11.5 Å². The first-order chi connectivity index (χ1) is 4.75. The lowest BCUT2D eigenvalue weighted by Gasteiger charge is -2.01. The molecule has 0 saturated carbocycles. The van der Waals surface area contributed by atoms with Gasteiger partial charge in [0.05, 0.1) is 12.7 Å². The van der Waals surface area contributed by atoms with E-state index in [1.807, 2.05) is 0 Å². The van der Waals surface area contributed by atoms with Crippen LogP contribution in [0.4, 0.5) is 10.2 Å². The third-order valence-corrected chi connectivity index (χ3v) is 1.39. The molecule has 0 aliphatic heterocycles. The summed E-state index contributed by atoms with van der Waals surface area (Å²) in [5.74, 6) is 1.28. The van der Waals surface area contributed by atoms with Crippen LogP contribution in [0.15, 0.2) is 6.20 Å². The molecule has 0 radical (unpaired) electrons. The predicted molar refractivity (Wildman–Crippen MR) is 37.4 cm³/mol. The van der Waals surface area contributed by atoms with Crippen molar-refractivity contribution in [2.24, 2.45) is 0 Å². The lowest BCUT2D eigenvalue weighted by molar-refractivity contribution is 0.444. The van der Waals surface area contributed by atoms with Gasteiger partial charge in [0.2, 0.25) is 0 Å². The predicted octanol–water partition coefficient (Wildman–Crippen LogP) is 0.743. The van der Waals surface area contributed by atoms with Crippen LogP contribution < -0.4 is 5.73 Å². The van der Waals surface area contributed by atoms with Gasteiger partial charge in [-0.25, -0.2) is 9.37 Å². The summed E-state index contributed by atoms with van der Waals surface area (Å²) in [5, 5.41) is 0. The van der Waals surface area contributed by atoms with E-state index in [9.17, 15) is 4.39 Å². The number of aryl methyl sites for hydroxylation is 1. The van der Waals surface area contributed by atoms with Crippen molar-refractivity contribution in [1.29, 1.82) is 0 Å². The Balaban J connectivity index is 2.87. The van der Waals surface area contributed by atoms with Crippen molar-refractivity contribution in [2.75, 3.05) is 12.4 Å². The first kappa shape index (κ1) is 7.05. The van der Waals surface area contributed by atoms with Gasteiger partial charge in [0.1, 0.15) is 18.3 Å². The molecular weight excluding hydrogens is 133 g/mol. The number of rotatable bonds is 2. The monoisotopic (exact) mass is 143 g/mol. The number of anilines is 1. The molecule has 56 valence electrons. The maximum atomic E-state index is 11.8. The number of aromatic nitrogens is 2. The van der Waals surface area contributed by atoms with Gasteiger partial charge in [0.25, 0.3) is 0 Å². The highest BCUT2D eigenvalue weighted by molar-refractivity contribution is 5.27. The molecule has 4 heteroatoms. The van der Waals surface area contributed by atoms with Gasteiger partial charge in [0.15, 0.2) is 0 Å². The van der Waals surface area contributed by atoms with E-state index in [-0.39, 0.29) is 0 Å². The minimum Gasteiger partial charge on any atom is -0.384 e. The molecule has 0 unspecified atom stereocenters. The molecule has 0 aromatic carbocycles. The van der Waals surface area contributed by atoms with Gasteiger partial charge in [-0.15, -0.1) is 0 Å². The molecule has 1 aromatic heterocycles. The van der Waals surface area contributed by atoms with Crippen molar-refractivity contribution in [1.82, 2.24) is 9.55 Å². The Bertz CT molecular complexity index is 199. The zero-order chi connectivity index (χ0) is 7.56. The van der Waals surface area contributed by atoms with Gasteiger partial charge < -0.3 is 10.3 Å². The van der Waals surface area contributed by atoms with Gasteiger partial charge in [-0.1, -0.05) is 0 Å². The first-order valence-electron chi connectivity index (χ1n) is 3.09. The Hall–Kier alpha value is -1.06. The highest BCUT2D eigenvalue weighted by Crippen LogP contribution is 2.04. The second kappa shape index (κ2) is 2.68. The smallest absolute Gasteiger partial charge is 0.123 e. The summed E-state index contributed by atoms with van der Waals surface area (Å²) in [6.45, 7) is 1.70.